The lowest BCUT2D eigenvalue weighted by Crippen LogP contribution is -2.27. The van der Waals surface area contributed by atoms with E-state index < -0.39 is 0 Å². The van der Waals surface area contributed by atoms with Gasteiger partial charge in [0.05, 0.1) is 0 Å². The molecule has 3 rings (SSSR count). The van der Waals surface area contributed by atoms with Gasteiger partial charge in [-0.05, 0) is 50.5 Å². The van der Waals surface area contributed by atoms with E-state index in [0.29, 0.717) is 22.4 Å². The molecule has 0 aliphatic carbocycles. The Kier molecular flexibility index (Phi) is 5.53. The maximum absolute atomic E-state index is 12.7. The molecule has 6 heteroatoms. The number of hydrogen-bond acceptors (Lipinski definition) is 4. The third-order valence-electron chi connectivity index (χ3n) is 4.48. The molecule has 0 radical (unpaired) electrons. The molecular formula is C19H23ClN4O. The van der Waals surface area contributed by atoms with Crippen molar-refractivity contribution in [2.24, 2.45) is 0 Å². The molecule has 0 unspecified atom stereocenters. The number of rotatable bonds is 3. The summed E-state index contributed by atoms with van der Waals surface area (Å²) in [5, 5.41) is 3.53. The predicted molar refractivity (Wildman–Crippen MR) is 102 cm³/mol. The van der Waals surface area contributed by atoms with Crippen LogP contribution >= 0.6 is 11.6 Å². The molecule has 1 aliphatic heterocycles. The molecule has 25 heavy (non-hydrogen) atoms. The van der Waals surface area contributed by atoms with Gasteiger partial charge in [-0.15, -0.1) is 0 Å². The van der Waals surface area contributed by atoms with Gasteiger partial charge in [-0.2, -0.15) is 0 Å². The van der Waals surface area contributed by atoms with Crippen LogP contribution in [0.3, 0.4) is 0 Å². The number of carbonyl (C=O) groups is 1. The molecule has 132 valence electrons. The van der Waals surface area contributed by atoms with Crippen LogP contribution in [0.4, 0.5) is 11.6 Å². The van der Waals surface area contributed by atoms with E-state index in [-0.39, 0.29) is 5.91 Å². The number of amides is 1. The van der Waals surface area contributed by atoms with Gasteiger partial charge in [0, 0.05) is 29.5 Å². The minimum atomic E-state index is -0.244. The zero-order chi connectivity index (χ0) is 17.8. The highest BCUT2D eigenvalue weighted by Crippen LogP contribution is 2.24. The summed E-state index contributed by atoms with van der Waals surface area (Å²) in [6.45, 7) is 5.66. The maximum Gasteiger partial charge on any atom is 0.274 e. The number of aryl methyl sites for hydroxylation is 1. The number of benzene rings is 1. The fourth-order valence-electron chi connectivity index (χ4n) is 3.01. The highest BCUT2D eigenvalue weighted by Gasteiger charge is 2.17. The zero-order valence-corrected chi connectivity index (χ0v) is 15.4. The Hall–Kier alpha value is -2.14. The van der Waals surface area contributed by atoms with Crippen molar-refractivity contribution >= 4 is 29.1 Å². The standard InChI is InChI=1S/C19H23ClN4O/c1-13-12-17(18(25)22-16-9-7-8-15(20)14(16)2)23-19(21-13)24-10-5-3-4-6-11-24/h7-9,12H,3-6,10-11H2,1-2H3,(H,22,25). The van der Waals surface area contributed by atoms with E-state index in [1.54, 1.807) is 12.1 Å². The summed E-state index contributed by atoms with van der Waals surface area (Å²) in [5.41, 5.74) is 2.72. The highest BCUT2D eigenvalue weighted by atomic mass is 35.5. The third-order valence-corrected chi connectivity index (χ3v) is 4.89. The van der Waals surface area contributed by atoms with Gasteiger partial charge in [-0.25, -0.2) is 9.97 Å². The van der Waals surface area contributed by atoms with E-state index in [9.17, 15) is 4.79 Å². The van der Waals surface area contributed by atoms with E-state index in [0.717, 1.165) is 37.2 Å². The molecule has 5 nitrogen and oxygen atoms in total. The van der Waals surface area contributed by atoms with Crippen molar-refractivity contribution < 1.29 is 4.79 Å². The number of nitrogens with zero attached hydrogens (tertiary/aromatic N) is 3. The SMILES string of the molecule is Cc1cc(C(=O)Nc2cccc(Cl)c2C)nc(N2CCCCCC2)n1. The molecule has 2 heterocycles. The van der Waals surface area contributed by atoms with Crippen molar-refractivity contribution in [3.8, 4) is 0 Å². The summed E-state index contributed by atoms with van der Waals surface area (Å²) < 4.78 is 0. The Morgan fingerprint density at radius 1 is 1.12 bits per heavy atom. The molecule has 1 aliphatic rings. The number of nitrogens with one attached hydrogen (secondary N) is 1. The van der Waals surface area contributed by atoms with Crippen molar-refractivity contribution in [1.29, 1.82) is 0 Å². The summed E-state index contributed by atoms with van der Waals surface area (Å²) in [4.78, 5) is 23.9. The topological polar surface area (TPSA) is 58.1 Å². The lowest BCUT2D eigenvalue weighted by atomic mass is 10.2. The van der Waals surface area contributed by atoms with Gasteiger partial charge in [-0.3, -0.25) is 4.79 Å². The summed E-state index contributed by atoms with van der Waals surface area (Å²) in [5.74, 6) is 0.404. The smallest absolute Gasteiger partial charge is 0.274 e. The molecule has 1 N–H and O–H groups in total. The number of aromatic nitrogens is 2. The first-order valence-corrected chi connectivity index (χ1v) is 9.09. The second kappa shape index (κ2) is 7.83. The van der Waals surface area contributed by atoms with Crippen molar-refractivity contribution in [2.75, 3.05) is 23.3 Å². The fourth-order valence-corrected chi connectivity index (χ4v) is 3.19. The first-order valence-electron chi connectivity index (χ1n) is 8.71. The van der Waals surface area contributed by atoms with Gasteiger partial charge in [-0.1, -0.05) is 30.5 Å². The molecular weight excluding hydrogens is 336 g/mol. The maximum atomic E-state index is 12.7. The number of carbonyl (C=O) groups excluding carboxylic acids is 1. The second-order valence-electron chi connectivity index (χ2n) is 6.46. The van der Waals surface area contributed by atoms with Crippen LogP contribution in [0.1, 0.15) is 47.4 Å². The van der Waals surface area contributed by atoms with Crippen molar-refractivity contribution in [1.82, 2.24) is 9.97 Å². The van der Waals surface area contributed by atoms with Crippen LogP contribution in [0.5, 0.6) is 0 Å². The zero-order valence-electron chi connectivity index (χ0n) is 14.7. The van der Waals surface area contributed by atoms with Crippen LogP contribution in [0.15, 0.2) is 24.3 Å². The first-order chi connectivity index (χ1) is 12.0. The molecule has 1 aromatic heterocycles. The molecule has 0 saturated carbocycles. The normalized spacial score (nSPS) is 14.9. The monoisotopic (exact) mass is 358 g/mol. The molecule has 0 bridgehead atoms. The Bertz CT molecular complexity index is 770. The largest absolute Gasteiger partial charge is 0.341 e. The van der Waals surface area contributed by atoms with Gasteiger partial charge in [0.15, 0.2) is 0 Å². The quantitative estimate of drug-likeness (QED) is 0.884. The van der Waals surface area contributed by atoms with E-state index in [4.69, 9.17) is 11.6 Å². The van der Waals surface area contributed by atoms with E-state index >= 15 is 0 Å². The molecule has 0 atom stereocenters. The van der Waals surface area contributed by atoms with Crippen molar-refractivity contribution in [3.05, 3.63) is 46.2 Å². The fraction of sp³-hybridized carbons (Fsp3) is 0.421. The van der Waals surface area contributed by atoms with E-state index in [2.05, 4.69) is 20.2 Å². The number of hydrogen-bond donors (Lipinski definition) is 1. The van der Waals surface area contributed by atoms with Crippen LogP contribution in [0, 0.1) is 13.8 Å². The Labute approximate surface area is 153 Å². The van der Waals surface area contributed by atoms with E-state index in [1.165, 1.54) is 12.8 Å². The summed E-state index contributed by atoms with van der Waals surface area (Å²) in [7, 11) is 0. The predicted octanol–water partition coefficient (Wildman–Crippen LogP) is 4.38. The minimum Gasteiger partial charge on any atom is -0.341 e. The van der Waals surface area contributed by atoms with Gasteiger partial charge in [0.1, 0.15) is 5.69 Å². The lowest BCUT2D eigenvalue weighted by molar-refractivity contribution is 0.102. The van der Waals surface area contributed by atoms with Gasteiger partial charge in [0.2, 0.25) is 5.95 Å². The highest BCUT2D eigenvalue weighted by molar-refractivity contribution is 6.31. The van der Waals surface area contributed by atoms with Crippen LogP contribution in [-0.2, 0) is 0 Å². The van der Waals surface area contributed by atoms with Crippen molar-refractivity contribution in [3.63, 3.8) is 0 Å². The van der Waals surface area contributed by atoms with Crippen molar-refractivity contribution in [2.45, 2.75) is 39.5 Å². The first kappa shape index (κ1) is 17.7. The second-order valence-corrected chi connectivity index (χ2v) is 6.87. The Morgan fingerprint density at radius 2 is 1.84 bits per heavy atom. The van der Waals surface area contributed by atoms with Gasteiger partial charge >= 0.3 is 0 Å². The van der Waals surface area contributed by atoms with Crippen LogP contribution in [-0.4, -0.2) is 29.0 Å². The molecule has 1 aromatic carbocycles. The van der Waals surface area contributed by atoms with Crippen LogP contribution in [0.25, 0.3) is 0 Å². The average Bonchev–Trinajstić information content (AvgIpc) is 2.88. The van der Waals surface area contributed by atoms with Gasteiger partial charge in [0.25, 0.3) is 5.91 Å². The molecule has 2 aromatic rings. The minimum absolute atomic E-state index is 0.244. The molecule has 0 spiro atoms. The molecule has 1 saturated heterocycles. The lowest BCUT2D eigenvalue weighted by Gasteiger charge is -2.21. The average molecular weight is 359 g/mol. The number of anilines is 2. The molecule has 1 fully saturated rings. The summed E-state index contributed by atoms with van der Waals surface area (Å²) in [6, 6.07) is 7.18. The van der Waals surface area contributed by atoms with Crippen LogP contribution in [0.2, 0.25) is 5.02 Å². The van der Waals surface area contributed by atoms with Gasteiger partial charge < -0.3 is 10.2 Å². The third kappa shape index (κ3) is 4.28. The number of halogens is 1. The molecule has 1 amide bonds. The van der Waals surface area contributed by atoms with E-state index in [1.807, 2.05) is 26.0 Å². The Balaban J connectivity index is 1.83. The summed E-state index contributed by atoms with van der Waals surface area (Å²) >= 11 is 6.13. The van der Waals surface area contributed by atoms with Crippen LogP contribution < -0.4 is 10.2 Å². The summed E-state index contributed by atoms with van der Waals surface area (Å²) in [6.07, 6.45) is 4.76. The Morgan fingerprint density at radius 3 is 2.56 bits per heavy atom.